The number of hydrogen-bond donors (Lipinski definition) is 2. The van der Waals surface area contributed by atoms with Crippen LogP contribution >= 0.6 is 7.82 Å². The van der Waals surface area contributed by atoms with Gasteiger partial charge in [0.15, 0.2) is 6.17 Å². The van der Waals surface area contributed by atoms with Crippen molar-refractivity contribution in [2.75, 3.05) is 0 Å². The Bertz CT molecular complexity index is 415. The molecular weight excluding hydrogens is 360 g/mol. The van der Waals surface area contributed by atoms with Gasteiger partial charge in [-0.1, -0.05) is 20.3 Å². The van der Waals surface area contributed by atoms with Crippen LogP contribution in [0.4, 0.5) is 30.7 Å². The lowest BCUT2D eigenvalue weighted by atomic mass is 9.86. The Labute approximate surface area is 128 Å². The summed E-state index contributed by atoms with van der Waals surface area (Å²) in [5.74, 6) is -13.8. The van der Waals surface area contributed by atoms with Crippen LogP contribution in [0.1, 0.15) is 33.1 Å². The number of phosphoric acid groups is 1. The van der Waals surface area contributed by atoms with Gasteiger partial charge in [0.05, 0.1) is 6.10 Å². The van der Waals surface area contributed by atoms with Crippen LogP contribution in [0.3, 0.4) is 0 Å². The topological polar surface area (TPSA) is 66.8 Å². The van der Waals surface area contributed by atoms with E-state index in [1.807, 2.05) is 0 Å². The average molecular weight is 378 g/mol. The number of phosphoric ester groups is 1. The predicted molar refractivity (Wildman–Crippen MR) is 66.4 cm³/mol. The van der Waals surface area contributed by atoms with E-state index >= 15 is 0 Å². The highest BCUT2D eigenvalue weighted by Crippen LogP contribution is 2.48. The zero-order valence-electron chi connectivity index (χ0n) is 12.2. The SMILES string of the molecule is CCCC(OP(=O)(O)O)C(CC)C(F)C(F)(F)C(F)(F)C(F)F. The maximum Gasteiger partial charge on any atom is 0.469 e. The van der Waals surface area contributed by atoms with E-state index in [1.54, 1.807) is 0 Å². The molecule has 140 valence electrons. The molecule has 12 heteroatoms. The maximum atomic E-state index is 14.0. The molecule has 0 heterocycles. The van der Waals surface area contributed by atoms with Crippen LogP contribution in [0.5, 0.6) is 0 Å². The maximum absolute atomic E-state index is 14.0. The Hall–Kier alpha value is -0.380. The lowest BCUT2D eigenvalue weighted by molar-refractivity contribution is -0.294. The van der Waals surface area contributed by atoms with Gasteiger partial charge in [0, 0.05) is 5.92 Å². The minimum atomic E-state index is -5.93. The molecule has 0 rings (SSSR count). The Morgan fingerprint density at radius 3 is 1.83 bits per heavy atom. The number of hydrogen-bond acceptors (Lipinski definition) is 2. The molecule has 4 nitrogen and oxygen atoms in total. The highest BCUT2D eigenvalue weighted by molar-refractivity contribution is 7.46. The predicted octanol–water partition coefficient (Wildman–Crippen LogP) is 4.16. The van der Waals surface area contributed by atoms with Crippen molar-refractivity contribution in [1.82, 2.24) is 0 Å². The molecule has 0 aromatic rings. The molecule has 0 saturated carbocycles. The fourth-order valence-corrected chi connectivity index (χ4v) is 2.68. The molecule has 0 aromatic heterocycles. The summed E-state index contributed by atoms with van der Waals surface area (Å²) in [4.78, 5) is 17.4. The van der Waals surface area contributed by atoms with Crippen molar-refractivity contribution in [3.8, 4) is 0 Å². The van der Waals surface area contributed by atoms with Gasteiger partial charge in [-0.25, -0.2) is 17.7 Å². The van der Waals surface area contributed by atoms with Crippen molar-refractivity contribution in [3.63, 3.8) is 0 Å². The van der Waals surface area contributed by atoms with Crippen molar-refractivity contribution in [3.05, 3.63) is 0 Å². The van der Waals surface area contributed by atoms with Crippen LogP contribution < -0.4 is 0 Å². The van der Waals surface area contributed by atoms with E-state index in [0.717, 1.165) is 6.92 Å². The third-order valence-corrected chi connectivity index (χ3v) is 3.78. The Morgan fingerprint density at radius 1 is 1.04 bits per heavy atom. The third kappa shape index (κ3) is 5.58. The largest absolute Gasteiger partial charge is 0.469 e. The molecule has 0 aliphatic heterocycles. The summed E-state index contributed by atoms with van der Waals surface area (Å²) in [6.07, 6.45) is -11.2. The second kappa shape index (κ2) is 8.13. The van der Waals surface area contributed by atoms with Gasteiger partial charge >= 0.3 is 26.1 Å². The summed E-state index contributed by atoms with van der Waals surface area (Å²) < 4.78 is 106. The lowest BCUT2D eigenvalue weighted by Crippen LogP contribution is -2.56. The Morgan fingerprint density at radius 2 is 1.52 bits per heavy atom. The summed E-state index contributed by atoms with van der Waals surface area (Å²) in [5, 5.41) is 0. The number of alkyl halides is 7. The first-order valence-corrected chi connectivity index (χ1v) is 8.17. The van der Waals surface area contributed by atoms with Gasteiger partial charge in [0.25, 0.3) is 0 Å². The van der Waals surface area contributed by atoms with Crippen molar-refractivity contribution in [1.29, 1.82) is 0 Å². The first kappa shape index (κ1) is 22.6. The average Bonchev–Trinajstić information content (AvgIpc) is 2.37. The van der Waals surface area contributed by atoms with E-state index in [1.165, 1.54) is 6.92 Å². The van der Waals surface area contributed by atoms with Gasteiger partial charge in [-0.2, -0.15) is 17.6 Å². The molecule has 0 aromatic carbocycles. The summed E-state index contributed by atoms with van der Waals surface area (Å²) >= 11 is 0. The molecule has 0 amide bonds. The summed E-state index contributed by atoms with van der Waals surface area (Å²) in [7, 11) is -5.22. The molecule has 0 fully saturated rings. The van der Waals surface area contributed by atoms with Crippen LogP contribution in [0.25, 0.3) is 0 Å². The van der Waals surface area contributed by atoms with Gasteiger partial charge in [0.2, 0.25) is 0 Å². The second-order valence-electron chi connectivity index (χ2n) is 4.94. The van der Waals surface area contributed by atoms with E-state index < -0.39 is 50.7 Å². The zero-order valence-corrected chi connectivity index (χ0v) is 13.1. The second-order valence-corrected chi connectivity index (χ2v) is 6.14. The van der Waals surface area contributed by atoms with E-state index in [-0.39, 0.29) is 12.8 Å². The molecule has 0 aliphatic carbocycles. The molecule has 3 unspecified atom stereocenters. The minimum absolute atomic E-state index is 0.102. The number of rotatable bonds is 10. The van der Waals surface area contributed by atoms with Gasteiger partial charge in [-0.05, 0) is 12.8 Å². The van der Waals surface area contributed by atoms with Crippen molar-refractivity contribution in [2.24, 2.45) is 5.92 Å². The van der Waals surface area contributed by atoms with Crippen LogP contribution in [0.2, 0.25) is 0 Å². The van der Waals surface area contributed by atoms with Gasteiger partial charge in [-0.15, -0.1) is 0 Å². The molecule has 23 heavy (non-hydrogen) atoms. The molecule has 0 aliphatic rings. The van der Waals surface area contributed by atoms with E-state index in [9.17, 15) is 35.3 Å². The standard InChI is InChI=1S/C11H18F7O4P/c1-3-5-7(22-23(19,20)21)6(4-2)8(12)10(15,16)11(17,18)9(13)14/h6-9H,3-5H2,1-2H3,(H2,19,20,21). The Kier molecular flexibility index (Phi) is 8.00. The molecule has 2 N–H and O–H groups in total. The fourth-order valence-electron chi connectivity index (χ4n) is 2.06. The molecule has 0 spiro atoms. The van der Waals surface area contributed by atoms with E-state index in [2.05, 4.69) is 4.52 Å². The van der Waals surface area contributed by atoms with Crippen LogP contribution in [-0.2, 0) is 9.09 Å². The molecule has 3 atom stereocenters. The summed E-state index contributed by atoms with van der Waals surface area (Å²) in [6.45, 7) is 2.53. The Balaban J connectivity index is 5.59. The van der Waals surface area contributed by atoms with Gasteiger partial charge in [0.1, 0.15) is 0 Å². The van der Waals surface area contributed by atoms with Crippen molar-refractivity contribution >= 4 is 7.82 Å². The first-order valence-electron chi connectivity index (χ1n) is 6.64. The zero-order chi connectivity index (χ0) is 18.6. The highest BCUT2D eigenvalue weighted by atomic mass is 31.2. The summed E-state index contributed by atoms with van der Waals surface area (Å²) in [6, 6.07) is 0. The van der Waals surface area contributed by atoms with Gasteiger partial charge < -0.3 is 9.79 Å². The van der Waals surface area contributed by atoms with Crippen LogP contribution in [0, 0.1) is 5.92 Å². The minimum Gasteiger partial charge on any atom is -0.303 e. The van der Waals surface area contributed by atoms with Gasteiger partial charge in [-0.3, -0.25) is 4.52 Å². The van der Waals surface area contributed by atoms with Crippen LogP contribution in [-0.4, -0.2) is 40.3 Å². The normalized spacial score (nSPS) is 18.1. The van der Waals surface area contributed by atoms with Crippen LogP contribution in [0.15, 0.2) is 0 Å². The van der Waals surface area contributed by atoms with E-state index in [0.29, 0.717) is 0 Å². The monoisotopic (exact) mass is 378 g/mol. The van der Waals surface area contributed by atoms with Crippen molar-refractivity contribution < 1.29 is 49.6 Å². The van der Waals surface area contributed by atoms with Crippen molar-refractivity contribution in [2.45, 2.75) is 63.7 Å². The summed E-state index contributed by atoms with van der Waals surface area (Å²) in [5.41, 5.74) is 0. The highest BCUT2D eigenvalue weighted by Gasteiger charge is 2.68. The smallest absolute Gasteiger partial charge is 0.303 e. The third-order valence-electron chi connectivity index (χ3n) is 3.24. The molecule has 0 bridgehead atoms. The fraction of sp³-hybridized carbons (Fsp3) is 1.00. The quantitative estimate of drug-likeness (QED) is 0.443. The first-order chi connectivity index (χ1) is 10.2. The molecular formula is C11H18F7O4P. The lowest BCUT2D eigenvalue weighted by Gasteiger charge is -2.35. The number of halogens is 7. The molecule has 0 saturated heterocycles. The van der Waals surface area contributed by atoms with E-state index in [4.69, 9.17) is 9.79 Å². The molecule has 0 radical (unpaired) electrons.